The first-order valence-corrected chi connectivity index (χ1v) is 3.19. The van der Waals surface area contributed by atoms with Gasteiger partial charge >= 0.3 is 12.1 Å². The van der Waals surface area contributed by atoms with E-state index in [0.717, 1.165) is 0 Å². The minimum absolute atomic E-state index is 0.151. The van der Waals surface area contributed by atoms with Gasteiger partial charge in [-0.25, -0.2) is 0 Å². The van der Waals surface area contributed by atoms with Crippen molar-refractivity contribution < 1.29 is 18.0 Å². The molecule has 0 spiro atoms. The van der Waals surface area contributed by atoms with Gasteiger partial charge in [0.05, 0.1) is 6.07 Å². The summed E-state index contributed by atoms with van der Waals surface area (Å²) in [5.41, 5.74) is 0. The Morgan fingerprint density at radius 3 is 2.42 bits per heavy atom. The number of halogens is 3. The third kappa shape index (κ3) is 3.23. The van der Waals surface area contributed by atoms with Crippen molar-refractivity contribution in [3.63, 3.8) is 0 Å². The Hall–Kier alpha value is -1.25. The highest BCUT2D eigenvalue weighted by atomic mass is 19.4. The summed E-state index contributed by atoms with van der Waals surface area (Å²) in [6.07, 6.45) is -4.76. The van der Waals surface area contributed by atoms with E-state index in [1.165, 1.54) is 18.3 Å². The van der Waals surface area contributed by atoms with Crippen LogP contribution in [0.2, 0.25) is 0 Å². The number of nitrogens with zero attached hydrogens (tertiary/aromatic N) is 1. The van der Waals surface area contributed by atoms with Gasteiger partial charge in [0, 0.05) is 0 Å². The minimum Gasteiger partial charge on any atom is -0.333 e. The van der Waals surface area contributed by atoms with E-state index in [1.807, 2.05) is 0 Å². The molecule has 6 heteroatoms. The van der Waals surface area contributed by atoms with E-state index in [-0.39, 0.29) is 6.42 Å². The van der Waals surface area contributed by atoms with E-state index in [4.69, 9.17) is 5.26 Å². The topological polar surface area (TPSA) is 52.9 Å². The Labute approximate surface area is 67.2 Å². The Morgan fingerprint density at radius 2 is 2.17 bits per heavy atom. The maximum atomic E-state index is 11.6. The van der Waals surface area contributed by atoms with Crippen LogP contribution in [0.25, 0.3) is 0 Å². The van der Waals surface area contributed by atoms with E-state index in [9.17, 15) is 18.0 Å². The van der Waals surface area contributed by atoms with Gasteiger partial charge in [-0.1, -0.05) is 6.92 Å². The largest absolute Gasteiger partial charge is 0.471 e. The highest BCUT2D eigenvalue weighted by molar-refractivity contribution is 5.82. The number of hydrogen-bond acceptors (Lipinski definition) is 2. The summed E-state index contributed by atoms with van der Waals surface area (Å²) >= 11 is 0. The third-order valence-corrected chi connectivity index (χ3v) is 1.13. The molecular weight excluding hydrogens is 173 g/mol. The molecule has 0 aromatic carbocycles. The Bertz CT molecular complexity index is 206. The number of amides is 1. The van der Waals surface area contributed by atoms with Crippen LogP contribution in [0.3, 0.4) is 0 Å². The summed E-state index contributed by atoms with van der Waals surface area (Å²) in [5.74, 6) is -2.07. The van der Waals surface area contributed by atoms with Crippen LogP contribution in [0.5, 0.6) is 0 Å². The van der Waals surface area contributed by atoms with Gasteiger partial charge in [-0.3, -0.25) is 4.79 Å². The molecule has 0 aromatic heterocycles. The zero-order chi connectivity index (χ0) is 9.78. The van der Waals surface area contributed by atoms with Crippen molar-refractivity contribution in [2.45, 2.75) is 25.6 Å². The summed E-state index contributed by atoms with van der Waals surface area (Å²) in [5, 5.41) is 9.74. The van der Waals surface area contributed by atoms with Crippen LogP contribution < -0.4 is 5.32 Å². The first-order valence-electron chi connectivity index (χ1n) is 3.19. The number of rotatable bonds is 2. The van der Waals surface area contributed by atoms with E-state index in [0.29, 0.717) is 0 Å². The number of carbonyl (C=O) groups excluding carboxylic acids is 1. The molecule has 0 aliphatic carbocycles. The molecule has 68 valence electrons. The van der Waals surface area contributed by atoms with Gasteiger partial charge in [-0.15, -0.1) is 0 Å². The molecule has 0 heterocycles. The fourth-order valence-electron chi connectivity index (χ4n) is 0.466. The molecule has 1 N–H and O–H groups in total. The van der Waals surface area contributed by atoms with Crippen molar-refractivity contribution in [3.05, 3.63) is 0 Å². The molecule has 12 heavy (non-hydrogen) atoms. The van der Waals surface area contributed by atoms with Crippen LogP contribution in [0.1, 0.15) is 13.3 Å². The molecule has 1 unspecified atom stereocenters. The SMILES string of the molecule is CCC(C#N)NC(=O)C(F)(F)F. The monoisotopic (exact) mass is 180 g/mol. The molecular formula is C6H7F3N2O. The van der Waals surface area contributed by atoms with Crippen LogP contribution >= 0.6 is 0 Å². The molecule has 0 fully saturated rings. The summed E-state index contributed by atoms with van der Waals surface area (Å²) in [4.78, 5) is 10.2. The van der Waals surface area contributed by atoms with E-state index in [1.54, 1.807) is 0 Å². The number of carbonyl (C=O) groups is 1. The molecule has 0 aromatic rings. The maximum Gasteiger partial charge on any atom is 0.471 e. The van der Waals surface area contributed by atoms with Crippen LogP contribution in [0.15, 0.2) is 0 Å². The highest BCUT2D eigenvalue weighted by Crippen LogP contribution is 2.14. The molecule has 0 bridgehead atoms. The van der Waals surface area contributed by atoms with E-state index in [2.05, 4.69) is 0 Å². The lowest BCUT2D eigenvalue weighted by atomic mass is 10.2. The minimum atomic E-state index is -4.91. The summed E-state index contributed by atoms with van der Waals surface area (Å²) in [6.45, 7) is 1.50. The number of alkyl halides is 3. The molecule has 0 aliphatic rings. The van der Waals surface area contributed by atoms with Crippen molar-refractivity contribution in [1.29, 1.82) is 5.26 Å². The fraction of sp³-hybridized carbons (Fsp3) is 0.667. The fourth-order valence-corrected chi connectivity index (χ4v) is 0.466. The van der Waals surface area contributed by atoms with Crippen molar-refractivity contribution in [2.75, 3.05) is 0 Å². The Morgan fingerprint density at radius 1 is 1.67 bits per heavy atom. The van der Waals surface area contributed by atoms with Gasteiger partial charge in [-0.2, -0.15) is 18.4 Å². The van der Waals surface area contributed by atoms with Crippen LogP contribution in [-0.4, -0.2) is 18.1 Å². The number of hydrogen-bond donors (Lipinski definition) is 1. The standard InChI is InChI=1S/C6H7F3N2O/c1-2-4(3-10)11-5(12)6(7,8)9/h4H,2H2,1H3,(H,11,12). The molecule has 0 saturated heterocycles. The Balaban J connectivity index is 4.11. The lowest BCUT2D eigenvalue weighted by Gasteiger charge is -2.10. The van der Waals surface area contributed by atoms with Gasteiger partial charge in [-0.05, 0) is 6.42 Å². The smallest absolute Gasteiger partial charge is 0.333 e. The lowest BCUT2D eigenvalue weighted by molar-refractivity contribution is -0.174. The molecule has 0 rings (SSSR count). The van der Waals surface area contributed by atoms with E-state index >= 15 is 0 Å². The summed E-state index contributed by atoms with van der Waals surface area (Å²) in [7, 11) is 0. The average molecular weight is 180 g/mol. The number of nitriles is 1. The normalized spacial score (nSPS) is 13.2. The molecule has 0 aliphatic heterocycles. The van der Waals surface area contributed by atoms with Crippen LogP contribution in [0.4, 0.5) is 13.2 Å². The molecule has 3 nitrogen and oxygen atoms in total. The maximum absolute atomic E-state index is 11.6. The third-order valence-electron chi connectivity index (χ3n) is 1.13. The van der Waals surface area contributed by atoms with Crippen molar-refractivity contribution >= 4 is 5.91 Å². The molecule has 1 amide bonds. The zero-order valence-corrected chi connectivity index (χ0v) is 6.27. The highest BCUT2D eigenvalue weighted by Gasteiger charge is 2.39. The predicted octanol–water partition coefficient (Wildman–Crippen LogP) is 0.967. The van der Waals surface area contributed by atoms with E-state index < -0.39 is 18.1 Å². The predicted molar refractivity (Wildman–Crippen MR) is 33.9 cm³/mol. The van der Waals surface area contributed by atoms with Gasteiger partial charge in [0.15, 0.2) is 0 Å². The average Bonchev–Trinajstić information content (AvgIpc) is 1.97. The van der Waals surface area contributed by atoms with Gasteiger partial charge < -0.3 is 5.32 Å². The number of nitrogens with one attached hydrogen (secondary N) is 1. The van der Waals surface area contributed by atoms with Crippen molar-refractivity contribution in [1.82, 2.24) is 5.32 Å². The van der Waals surface area contributed by atoms with Gasteiger partial charge in [0.1, 0.15) is 6.04 Å². The van der Waals surface area contributed by atoms with Crippen molar-refractivity contribution in [3.8, 4) is 6.07 Å². The lowest BCUT2D eigenvalue weighted by Crippen LogP contribution is -2.42. The molecule has 0 saturated carbocycles. The first kappa shape index (κ1) is 10.8. The second-order valence-electron chi connectivity index (χ2n) is 2.06. The molecule has 1 atom stereocenters. The summed E-state index contributed by atoms with van der Waals surface area (Å²) < 4.78 is 34.7. The Kier molecular flexibility index (Phi) is 3.54. The van der Waals surface area contributed by atoms with Crippen LogP contribution in [-0.2, 0) is 4.79 Å². The second-order valence-corrected chi connectivity index (χ2v) is 2.06. The van der Waals surface area contributed by atoms with Gasteiger partial charge in [0.2, 0.25) is 0 Å². The second kappa shape index (κ2) is 3.95. The first-order chi connectivity index (χ1) is 5.41. The quantitative estimate of drug-likeness (QED) is 0.688. The summed E-state index contributed by atoms with van der Waals surface area (Å²) in [6, 6.07) is 0.453. The van der Waals surface area contributed by atoms with Crippen molar-refractivity contribution in [2.24, 2.45) is 0 Å². The van der Waals surface area contributed by atoms with Gasteiger partial charge in [0.25, 0.3) is 0 Å². The zero-order valence-electron chi connectivity index (χ0n) is 6.27. The van der Waals surface area contributed by atoms with Crippen LogP contribution in [0, 0.1) is 11.3 Å². The molecule has 0 radical (unpaired) electrons.